The van der Waals surface area contributed by atoms with Crippen LogP contribution in [0.3, 0.4) is 0 Å². The molecule has 0 aliphatic heterocycles. The van der Waals surface area contributed by atoms with Crippen LogP contribution in [0.4, 0.5) is 17.1 Å². The second kappa shape index (κ2) is 5.71. The first-order valence-electron chi connectivity index (χ1n) is 6.01. The number of amides is 1. The van der Waals surface area contributed by atoms with Crippen LogP contribution < -0.4 is 15.7 Å². The lowest BCUT2D eigenvalue weighted by Crippen LogP contribution is -2.14. The number of benzene rings is 1. The Bertz CT molecular complexity index is 901. The molecule has 0 saturated heterocycles. The topological polar surface area (TPSA) is 155 Å². The molecule has 120 valence electrons. The summed E-state index contributed by atoms with van der Waals surface area (Å²) in [6.07, 6.45) is 0. The first-order chi connectivity index (χ1) is 10.8. The van der Waals surface area contributed by atoms with E-state index in [4.69, 9.17) is 9.15 Å². The van der Waals surface area contributed by atoms with Gasteiger partial charge in [-0.2, -0.15) is 0 Å². The minimum Gasteiger partial charge on any atom is -0.488 e. The monoisotopic (exact) mass is 323 g/mol. The van der Waals surface area contributed by atoms with Crippen LogP contribution in [0.2, 0.25) is 0 Å². The van der Waals surface area contributed by atoms with Gasteiger partial charge in [0.05, 0.1) is 23.0 Å². The predicted molar refractivity (Wildman–Crippen MR) is 76.6 cm³/mol. The number of carbonyl (C=O) groups excluding carboxylic acids is 1. The second-order valence-electron chi connectivity index (χ2n) is 4.33. The summed E-state index contributed by atoms with van der Waals surface area (Å²) in [7, 11) is 1.09. The van der Waals surface area contributed by atoms with Crippen LogP contribution in [0.5, 0.6) is 5.75 Å². The number of rotatable bonds is 4. The largest absolute Gasteiger partial charge is 0.488 e. The van der Waals surface area contributed by atoms with Crippen molar-refractivity contribution in [3.8, 4) is 5.75 Å². The molecule has 0 spiro atoms. The van der Waals surface area contributed by atoms with Gasteiger partial charge in [-0.25, -0.2) is 4.79 Å². The van der Waals surface area contributed by atoms with E-state index in [-0.39, 0.29) is 11.1 Å². The van der Waals surface area contributed by atoms with Crippen molar-refractivity contribution in [1.29, 1.82) is 0 Å². The SMILES string of the molecule is COc1c([N+](=O)[O-])cc([N+](=O)[O-])c2cc(NC(C)=O)c(=O)oc12. The number of nitrogens with one attached hydrogen (secondary N) is 1. The standard InChI is InChI=1S/C12H9N3O8/c1-5(16)13-7-3-6-8(14(18)19)4-9(15(20)21)11(22-2)10(6)23-12(7)17/h3-4H,1-2H3,(H,13,16). The number of fused-ring (bicyclic) bond motifs is 1. The third-order valence-corrected chi connectivity index (χ3v) is 2.84. The number of carbonyl (C=O) groups is 1. The first-order valence-corrected chi connectivity index (χ1v) is 6.01. The zero-order chi connectivity index (χ0) is 17.3. The normalized spacial score (nSPS) is 10.3. The fourth-order valence-electron chi connectivity index (χ4n) is 1.98. The third-order valence-electron chi connectivity index (χ3n) is 2.84. The van der Waals surface area contributed by atoms with Crippen LogP contribution in [0, 0.1) is 20.2 Å². The Morgan fingerprint density at radius 2 is 1.83 bits per heavy atom. The Morgan fingerprint density at radius 1 is 1.22 bits per heavy atom. The van der Waals surface area contributed by atoms with Crippen molar-refractivity contribution < 1.29 is 23.8 Å². The molecule has 0 aliphatic rings. The zero-order valence-electron chi connectivity index (χ0n) is 11.8. The van der Waals surface area contributed by atoms with E-state index in [1.54, 1.807) is 0 Å². The highest BCUT2D eigenvalue weighted by Crippen LogP contribution is 2.40. The highest BCUT2D eigenvalue weighted by atomic mass is 16.6. The van der Waals surface area contributed by atoms with Crippen molar-refractivity contribution in [3.63, 3.8) is 0 Å². The number of nitro benzene ring substituents is 2. The molecule has 2 rings (SSSR count). The minimum absolute atomic E-state index is 0.221. The molecular formula is C12H9N3O8. The highest BCUT2D eigenvalue weighted by Gasteiger charge is 2.29. The van der Waals surface area contributed by atoms with Gasteiger partial charge >= 0.3 is 11.3 Å². The summed E-state index contributed by atoms with van der Waals surface area (Å²) in [6.45, 7) is 1.13. The Labute approximate surface area is 126 Å². The molecule has 23 heavy (non-hydrogen) atoms. The molecular weight excluding hydrogens is 314 g/mol. The zero-order valence-corrected chi connectivity index (χ0v) is 11.8. The number of nitro groups is 2. The van der Waals surface area contributed by atoms with Gasteiger partial charge in [0.15, 0.2) is 5.58 Å². The fraction of sp³-hybridized carbons (Fsp3) is 0.167. The molecule has 0 saturated carbocycles. The lowest BCUT2D eigenvalue weighted by Gasteiger charge is -2.07. The van der Waals surface area contributed by atoms with Gasteiger partial charge in [0.2, 0.25) is 11.7 Å². The van der Waals surface area contributed by atoms with Crippen LogP contribution in [-0.2, 0) is 4.79 Å². The van der Waals surface area contributed by atoms with Crippen molar-refractivity contribution in [1.82, 2.24) is 0 Å². The van der Waals surface area contributed by atoms with Gasteiger partial charge in [-0.3, -0.25) is 25.0 Å². The number of methoxy groups -OCH3 is 1. The van der Waals surface area contributed by atoms with Crippen LogP contribution in [0.15, 0.2) is 21.3 Å². The average molecular weight is 323 g/mol. The molecule has 0 aliphatic carbocycles. The predicted octanol–water partition coefficient (Wildman–Crippen LogP) is 1.58. The number of non-ortho nitro benzene ring substituents is 1. The van der Waals surface area contributed by atoms with E-state index < -0.39 is 44.1 Å². The van der Waals surface area contributed by atoms with Crippen LogP contribution in [-0.4, -0.2) is 22.9 Å². The molecule has 0 atom stereocenters. The maximum Gasteiger partial charge on any atom is 0.360 e. The van der Waals surface area contributed by atoms with Gasteiger partial charge in [-0.1, -0.05) is 0 Å². The van der Waals surface area contributed by atoms with Gasteiger partial charge in [0.1, 0.15) is 11.1 Å². The molecule has 1 amide bonds. The summed E-state index contributed by atoms with van der Waals surface area (Å²) in [4.78, 5) is 43.3. The van der Waals surface area contributed by atoms with Gasteiger partial charge < -0.3 is 14.5 Å². The number of nitrogens with zero attached hydrogens (tertiary/aromatic N) is 2. The maximum atomic E-state index is 11.8. The van der Waals surface area contributed by atoms with Gasteiger partial charge in [0.25, 0.3) is 5.69 Å². The Morgan fingerprint density at radius 3 is 2.30 bits per heavy atom. The van der Waals surface area contributed by atoms with Gasteiger partial charge in [-0.15, -0.1) is 0 Å². The number of hydrogen-bond acceptors (Lipinski definition) is 8. The Hall–Kier alpha value is -3.50. The van der Waals surface area contributed by atoms with Crippen molar-refractivity contribution in [2.24, 2.45) is 0 Å². The van der Waals surface area contributed by atoms with Crippen molar-refractivity contribution in [3.05, 3.63) is 42.8 Å². The van der Waals surface area contributed by atoms with Gasteiger partial charge in [0, 0.05) is 6.92 Å². The molecule has 0 radical (unpaired) electrons. The second-order valence-corrected chi connectivity index (χ2v) is 4.33. The molecule has 2 aromatic rings. The lowest BCUT2D eigenvalue weighted by molar-refractivity contribution is -0.393. The molecule has 1 N–H and O–H groups in total. The van der Waals surface area contributed by atoms with Crippen LogP contribution in [0.1, 0.15) is 6.92 Å². The molecule has 11 heteroatoms. The minimum atomic E-state index is -1.03. The summed E-state index contributed by atoms with van der Waals surface area (Å²) in [5.41, 5.74) is -3.19. The average Bonchev–Trinajstić information content (AvgIpc) is 2.45. The molecule has 1 aromatic heterocycles. The maximum absolute atomic E-state index is 11.8. The molecule has 11 nitrogen and oxygen atoms in total. The molecule has 1 aromatic carbocycles. The lowest BCUT2D eigenvalue weighted by atomic mass is 10.1. The Balaban J connectivity index is 2.96. The fourth-order valence-corrected chi connectivity index (χ4v) is 1.98. The van der Waals surface area contributed by atoms with E-state index in [0.717, 1.165) is 20.1 Å². The van der Waals surface area contributed by atoms with E-state index in [2.05, 4.69) is 5.32 Å². The summed E-state index contributed by atoms with van der Waals surface area (Å²) in [5.74, 6) is -1.02. The number of hydrogen-bond donors (Lipinski definition) is 1. The summed E-state index contributed by atoms with van der Waals surface area (Å²) < 4.78 is 9.74. The quantitative estimate of drug-likeness (QED) is 0.505. The molecule has 0 bridgehead atoms. The first kappa shape index (κ1) is 15.9. The van der Waals surface area contributed by atoms with E-state index in [1.807, 2.05) is 0 Å². The summed E-state index contributed by atoms with van der Waals surface area (Å²) in [6, 6.07) is 1.70. The van der Waals surface area contributed by atoms with Crippen molar-refractivity contribution in [2.75, 3.05) is 12.4 Å². The smallest absolute Gasteiger partial charge is 0.360 e. The number of ether oxygens (including phenoxy) is 1. The van der Waals surface area contributed by atoms with Crippen molar-refractivity contribution in [2.45, 2.75) is 6.92 Å². The summed E-state index contributed by atoms with van der Waals surface area (Å²) >= 11 is 0. The van der Waals surface area contributed by atoms with E-state index in [0.29, 0.717) is 6.07 Å². The Kier molecular flexibility index (Phi) is 3.94. The number of anilines is 1. The van der Waals surface area contributed by atoms with Crippen molar-refractivity contribution >= 4 is 33.9 Å². The van der Waals surface area contributed by atoms with E-state index in [9.17, 15) is 29.8 Å². The van der Waals surface area contributed by atoms with Crippen LogP contribution >= 0.6 is 0 Å². The summed E-state index contributed by atoms with van der Waals surface area (Å²) in [5, 5.41) is 24.1. The van der Waals surface area contributed by atoms with Crippen LogP contribution in [0.25, 0.3) is 11.0 Å². The third kappa shape index (κ3) is 2.79. The molecule has 0 fully saturated rings. The highest BCUT2D eigenvalue weighted by molar-refractivity contribution is 5.98. The van der Waals surface area contributed by atoms with Gasteiger partial charge in [-0.05, 0) is 6.07 Å². The van der Waals surface area contributed by atoms with E-state index >= 15 is 0 Å². The molecule has 0 unspecified atom stereocenters. The molecule has 1 heterocycles. The van der Waals surface area contributed by atoms with E-state index in [1.165, 1.54) is 0 Å².